The van der Waals surface area contributed by atoms with Crippen molar-refractivity contribution in [2.24, 2.45) is 0 Å². The maximum atomic E-state index is 12.7. The third kappa shape index (κ3) is 4.67. The van der Waals surface area contributed by atoms with Crippen molar-refractivity contribution >= 4 is 21.6 Å². The molecule has 2 rings (SSSR count). The van der Waals surface area contributed by atoms with Gasteiger partial charge < -0.3 is 5.32 Å². The Kier molecular flexibility index (Phi) is 6.33. The molecule has 6 heteroatoms. The van der Waals surface area contributed by atoms with E-state index in [0.717, 1.165) is 22.7 Å². The highest BCUT2D eigenvalue weighted by Gasteiger charge is 2.21. The summed E-state index contributed by atoms with van der Waals surface area (Å²) in [5.41, 5.74) is 1.43. The molecule has 2 aromatic carbocycles. The quantitative estimate of drug-likeness (QED) is 0.822. The monoisotopic (exact) mass is 360 g/mol. The molecule has 1 atom stereocenters. The van der Waals surface area contributed by atoms with Crippen LogP contribution in [-0.4, -0.2) is 32.7 Å². The number of amides is 1. The molecule has 1 N–H and O–H groups in total. The fraction of sp³-hybridized carbons (Fsp3) is 0.316. The molecular weight excluding hydrogens is 336 g/mol. The minimum Gasteiger partial charge on any atom is -0.326 e. The number of nitrogens with one attached hydrogen (secondary N) is 1. The zero-order chi connectivity index (χ0) is 18.4. The predicted molar refractivity (Wildman–Crippen MR) is 100 cm³/mol. The Balaban J connectivity index is 2.25. The lowest BCUT2D eigenvalue weighted by Crippen LogP contribution is -2.23. The number of hydrogen-bond acceptors (Lipinski definition) is 3. The van der Waals surface area contributed by atoms with Gasteiger partial charge in [0.2, 0.25) is 15.9 Å². The highest BCUT2D eigenvalue weighted by atomic mass is 32.2. The first kappa shape index (κ1) is 19.1. The molecule has 0 saturated carbocycles. The molecule has 0 spiro atoms. The van der Waals surface area contributed by atoms with E-state index in [1.807, 2.05) is 37.3 Å². The van der Waals surface area contributed by atoms with Gasteiger partial charge in [-0.15, -0.1) is 0 Å². The highest BCUT2D eigenvalue weighted by Crippen LogP contribution is 2.24. The first-order valence-corrected chi connectivity index (χ1v) is 9.68. The normalized spacial score (nSPS) is 12.8. The van der Waals surface area contributed by atoms with Crippen molar-refractivity contribution in [1.29, 1.82) is 0 Å². The van der Waals surface area contributed by atoms with Gasteiger partial charge in [-0.25, -0.2) is 12.7 Å². The SMILES string of the molecule is CCCC(C(=O)Nc1cccc(S(=O)(=O)N(C)C)c1)c1ccccc1. The molecule has 1 amide bonds. The van der Waals surface area contributed by atoms with Crippen LogP contribution in [0, 0.1) is 0 Å². The van der Waals surface area contributed by atoms with Gasteiger partial charge in [-0.2, -0.15) is 0 Å². The second-order valence-corrected chi connectivity index (χ2v) is 8.21. The summed E-state index contributed by atoms with van der Waals surface area (Å²) in [5.74, 6) is -0.396. The van der Waals surface area contributed by atoms with Gasteiger partial charge in [-0.3, -0.25) is 4.79 Å². The molecule has 134 valence electrons. The zero-order valence-corrected chi connectivity index (χ0v) is 15.6. The van der Waals surface area contributed by atoms with Crippen molar-refractivity contribution in [3.8, 4) is 0 Å². The summed E-state index contributed by atoms with van der Waals surface area (Å²) < 4.78 is 25.6. The molecule has 0 radical (unpaired) electrons. The fourth-order valence-corrected chi connectivity index (χ4v) is 3.55. The van der Waals surface area contributed by atoms with Crippen LogP contribution in [0.25, 0.3) is 0 Å². The topological polar surface area (TPSA) is 66.5 Å². The van der Waals surface area contributed by atoms with E-state index in [4.69, 9.17) is 0 Å². The van der Waals surface area contributed by atoms with Crippen LogP contribution in [0.2, 0.25) is 0 Å². The van der Waals surface area contributed by atoms with Gasteiger partial charge in [0.1, 0.15) is 0 Å². The van der Waals surface area contributed by atoms with E-state index in [2.05, 4.69) is 5.32 Å². The van der Waals surface area contributed by atoms with Crippen LogP contribution >= 0.6 is 0 Å². The number of nitrogens with zero attached hydrogens (tertiary/aromatic N) is 1. The third-order valence-corrected chi connectivity index (χ3v) is 5.79. The van der Waals surface area contributed by atoms with E-state index in [0.29, 0.717) is 5.69 Å². The molecule has 0 saturated heterocycles. The Morgan fingerprint density at radius 2 is 1.76 bits per heavy atom. The Bertz CT molecular complexity index is 818. The van der Waals surface area contributed by atoms with Gasteiger partial charge in [-0.05, 0) is 30.2 Å². The van der Waals surface area contributed by atoms with Crippen LogP contribution in [0.4, 0.5) is 5.69 Å². The average Bonchev–Trinajstić information content (AvgIpc) is 2.60. The summed E-state index contributed by atoms with van der Waals surface area (Å²) in [5, 5.41) is 2.85. The molecule has 25 heavy (non-hydrogen) atoms. The van der Waals surface area contributed by atoms with Crippen molar-refractivity contribution in [2.75, 3.05) is 19.4 Å². The number of benzene rings is 2. The number of hydrogen-bond donors (Lipinski definition) is 1. The van der Waals surface area contributed by atoms with Gasteiger partial charge in [0.25, 0.3) is 0 Å². The lowest BCUT2D eigenvalue weighted by molar-refractivity contribution is -0.117. The van der Waals surface area contributed by atoms with E-state index >= 15 is 0 Å². The number of carbonyl (C=O) groups is 1. The lowest BCUT2D eigenvalue weighted by atomic mass is 9.93. The number of sulfonamides is 1. The molecule has 0 aliphatic rings. The first-order valence-electron chi connectivity index (χ1n) is 8.24. The van der Waals surface area contributed by atoms with Crippen molar-refractivity contribution in [2.45, 2.75) is 30.6 Å². The molecular formula is C19H24N2O3S. The first-order chi connectivity index (χ1) is 11.9. The van der Waals surface area contributed by atoms with Gasteiger partial charge in [0.05, 0.1) is 10.8 Å². The molecule has 0 aliphatic heterocycles. The maximum absolute atomic E-state index is 12.7. The van der Waals surface area contributed by atoms with Crippen molar-refractivity contribution < 1.29 is 13.2 Å². The molecule has 0 bridgehead atoms. The van der Waals surface area contributed by atoms with Crippen molar-refractivity contribution in [3.63, 3.8) is 0 Å². The summed E-state index contributed by atoms with van der Waals surface area (Å²) in [6.07, 6.45) is 1.60. The van der Waals surface area contributed by atoms with Gasteiger partial charge in [0.15, 0.2) is 0 Å². The van der Waals surface area contributed by atoms with Gasteiger partial charge in [-0.1, -0.05) is 49.7 Å². The molecule has 5 nitrogen and oxygen atoms in total. The van der Waals surface area contributed by atoms with E-state index in [-0.39, 0.29) is 16.7 Å². The zero-order valence-electron chi connectivity index (χ0n) is 14.8. The summed E-state index contributed by atoms with van der Waals surface area (Å²) in [6.45, 7) is 2.04. The van der Waals surface area contributed by atoms with Crippen LogP contribution < -0.4 is 5.32 Å². The van der Waals surface area contributed by atoms with Gasteiger partial charge in [0, 0.05) is 19.8 Å². The second kappa shape index (κ2) is 8.27. The lowest BCUT2D eigenvalue weighted by Gasteiger charge is -2.17. The van der Waals surface area contributed by atoms with Crippen LogP contribution in [0.5, 0.6) is 0 Å². The van der Waals surface area contributed by atoms with Crippen LogP contribution in [-0.2, 0) is 14.8 Å². The predicted octanol–water partition coefficient (Wildman–Crippen LogP) is 3.46. The average molecular weight is 360 g/mol. The number of anilines is 1. The van der Waals surface area contributed by atoms with Crippen molar-refractivity contribution in [1.82, 2.24) is 4.31 Å². The van der Waals surface area contributed by atoms with Crippen LogP contribution in [0.3, 0.4) is 0 Å². The van der Waals surface area contributed by atoms with Crippen LogP contribution in [0.1, 0.15) is 31.2 Å². The Morgan fingerprint density at radius 1 is 1.08 bits per heavy atom. The smallest absolute Gasteiger partial charge is 0.242 e. The van der Waals surface area contributed by atoms with E-state index in [9.17, 15) is 13.2 Å². The molecule has 1 unspecified atom stereocenters. The summed E-state index contributed by atoms with van der Waals surface area (Å²) >= 11 is 0. The largest absolute Gasteiger partial charge is 0.326 e. The van der Waals surface area contributed by atoms with E-state index in [1.54, 1.807) is 12.1 Å². The summed E-state index contributed by atoms with van der Waals surface area (Å²) in [4.78, 5) is 12.9. The number of rotatable bonds is 7. The Morgan fingerprint density at radius 3 is 2.36 bits per heavy atom. The standard InChI is InChI=1S/C19H24N2O3S/c1-4-9-18(15-10-6-5-7-11-15)19(22)20-16-12-8-13-17(14-16)25(23,24)21(2)3/h5-8,10-14,18H,4,9H2,1-3H3,(H,20,22). The fourth-order valence-electron chi connectivity index (χ4n) is 2.60. The Hall–Kier alpha value is -2.18. The maximum Gasteiger partial charge on any atom is 0.242 e. The minimum atomic E-state index is -3.54. The molecule has 2 aromatic rings. The molecule has 0 fully saturated rings. The van der Waals surface area contributed by atoms with E-state index < -0.39 is 10.0 Å². The third-order valence-electron chi connectivity index (χ3n) is 3.98. The van der Waals surface area contributed by atoms with E-state index in [1.165, 1.54) is 26.2 Å². The highest BCUT2D eigenvalue weighted by molar-refractivity contribution is 7.89. The summed E-state index contributed by atoms with van der Waals surface area (Å²) in [7, 11) is -0.577. The Labute approximate surface area is 149 Å². The van der Waals surface area contributed by atoms with Crippen LogP contribution in [0.15, 0.2) is 59.5 Å². The minimum absolute atomic E-state index is 0.132. The molecule has 0 aromatic heterocycles. The van der Waals surface area contributed by atoms with Gasteiger partial charge >= 0.3 is 0 Å². The summed E-state index contributed by atoms with van der Waals surface area (Å²) in [6, 6.07) is 15.9. The van der Waals surface area contributed by atoms with Crippen molar-refractivity contribution in [3.05, 3.63) is 60.2 Å². The molecule has 0 aliphatic carbocycles. The molecule has 0 heterocycles. The second-order valence-electron chi connectivity index (χ2n) is 6.06. The number of carbonyl (C=O) groups excluding carboxylic acids is 1.